The van der Waals surface area contributed by atoms with Crippen molar-refractivity contribution in [3.63, 3.8) is 0 Å². The molecule has 0 aromatic heterocycles. The van der Waals surface area contributed by atoms with Gasteiger partial charge >= 0.3 is 11.9 Å². The molecular formula is C36H39NO9. The Balaban J connectivity index is 1.62. The Morgan fingerprint density at radius 2 is 1.24 bits per heavy atom. The van der Waals surface area contributed by atoms with Crippen LogP contribution in [0.3, 0.4) is 0 Å². The minimum absolute atomic E-state index is 0.0180. The van der Waals surface area contributed by atoms with Gasteiger partial charge in [-0.05, 0) is 30.5 Å². The van der Waals surface area contributed by atoms with E-state index in [1.165, 1.54) is 0 Å². The third kappa shape index (κ3) is 9.99. The zero-order valence-electron chi connectivity index (χ0n) is 26.0. The number of esters is 2. The normalized spacial score (nSPS) is 19.4. The van der Waals surface area contributed by atoms with Crippen LogP contribution >= 0.6 is 0 Å². The minimum atomic E-state index is -1.72. The van der Waals surface area contributed by atoms with Crippen LogP contribution in [-0.2, 0) is 62.6 Å². The molecule has 1 fully saturated rings. The Morgan fingerprint density at radius 1 is 0.761 bits per heavy atom. The molecule has 4 rings (SSSR count). The number of hydrogen-bond donors (Lipinski definition) is 0. The molecule has 0 bridgehead atoms. The fourth-order valence-electron chi connectivity index (χ4n) is 4.84. The molecule has 4 atom stereocenters. The first kappa shape index (κ1) is 34.3. The highest BCUT2D eigenvalue weighted by Gasteiger charge is 2.48. The lowest BCUT2D eigenvalue weighted by Gasteiger charge is -2.25. The summed E-state index contributed by atoms with van der Waals surface area (Å²) < 4.78 is 40.9. The molecule has 242 valence electrons. The first-order valence-electron chi connectivity index (χ1n) is 15.2. The van der Waals surface area contributed by atoms with Crippen LogP contribution in [0.2, 0.25) is 0 Å². The number of carbonyl (C=O) groups excluding carboxylic acids is 2. The van der Waals surface area contributed by atoms with Crippen molar-refractivity contribution in [3.8, 4) is 6.07 Å². The predicted octanol–water partition coefficient (Wildman–Crippen LogP) is 5.06. The van der Waals surface area contributed by atoms with Gasteiger partial charge < -0.3 is 33.2 Å². The summed E-state index contributed by atoms with van der Waals surface area (Å²) in [6.07, 6.45) is -3.75. The molecule has 1 aliphatic heterocycles. The van der Waals surface area contributed by atoms with Crippen molar-refractivity contribution in [2.45, 2.75) is 64.2 Å². The summed E-state index contributed by atoms with van der Waals surface area (Å²) in [4.78, 5) is 25.0. The second-order valence-corrected chi connectivity index (χ2v) is 10.3. The van der Waals surface area contributed by atoms with Gasteiger partial charge in [0.2, 0.25) is 0 Å². The Morgan fingerprint density at radius 3 is 1.72 bits per heavy atom. The van der Waals surface area contributed by atoms with Gasteiger partial charge in [-0.1, -0.05) is 91.0 Å². The van der Waals surface area contributed by atoms with Crippen LogP contribution in [0.5, 0.6) is 0 Å². The topological polar surface area (TPSA) is 123 Å². The number of carbonyl (C=O) groups is 2. The van der Waals surface area contributed by atoms with Crippen LogP contribution in [0.15, 0.2) is 103 Å². The van der Waals surface area contributed by atoms with Crippen molar-refractivity contribution in [3.05, 3.63) is 120 Å². The van der Waals surface area contributed by atoms with E-state index in [-0.39, 0.29) is 38.6 Å². The highest BCUT2D eigenvalue weighted by molar-refractivity contribution is 5.98. The molecule has 10 nitrogen and oxygen atoms in total. The molecule has 46 heavy (non-hydrogen) atoms. The highest BCUT2D eigenvalue weighted by atomic mass is 16.6. The summed E-state index contributed by atoms with van der Waals surface area (Å²) in [6, 6.07) is 31.1. The van der Waals surface area contributed by atoms with Gasteiger partial charge in [-0.25, -0.2) is 9.59 Å². The average molecular weight is 630 g/mol. The Labute approximate surface area is 269 Å². The summed E-state index contributed by atoms with van der Waals surface area (Å²) in [5, 5.41) is 10.3. The Hall–Kier alpha value is -4.53. The molecular weight excluding hydrogens is 590 g/mol. The number of hydrogen-bond acceptors (Lipinski definition) is 10. The highest BCUT2D eigenvalue weighted by Crippen LogP contribution is 2.33. The summed E-state index contributed by atoms with van der Waals surface area (Å²) >= 11 is 0. The molecule has 0 saturated carbocycles. The Bertz CT molecular complexity index is 1410. The molecule has 0 radical (unpaired) electrons. The van der Waals surface area contributed by atoms with E-state index in [4.69, 9.17) is 33.2 Å². The van der Waals surface area contributed by atoms with E-state index >= 15 is 0 Å². The largest absolute Gasteiger partial charge is 0.473 e. The molecule has 0 N–H and O–H groups in total. The van der Waals surface area contributed by atoms with E-state index in [0.29, 0.717) is 6.61 Å². The molecule has 3 aromatic carbocycles. The molecule has 0 spiro atoms. The van der Waals surface area contributed by atoms with Crippen LogP contribution in [0.1, 0.15) is 30.5 Å². The summed E-state index contributed by atoms with van der Waals surface area (Å²) in [5.41, 5.74) is 2.83. The van der Waals surface area contributed by atoms with Gasteiger partial charge in [0.15, 0.2) is 0 Å². The summed E-state index contributed by atoms with van der Waals surface area (Å²) in [7, 11) is 0. The van der Waals surface area contributed by atoms with Crippen LogP contribution in [0, 0.1) is 11.3 Å². The molecule has 10 heteroatoms. The van der Waals surface area contributed by atoms with E-state index in [1.807, 2.05) is 91.0 Å². The van der Waals surface area contributed by atoms with Gasteiger partial charge in [0.1, 0.15) is 36.7 Å². The van der Waals surface area contributed by atoms with E-state index in [1.54, 1.807) is 13.8 Å². The van der Waals surface area contributed by atoms with Gasteiger partial charge in [-0.2, -0.15) is 5.26 Å². The van der Waals surface area contributed by atoms with Crippen molar-refractivity contribution in [1.82, 2.24) is 0 Å². The number of benzene rings is 3. The lowest BCUT2D eigenvalue weighted by Crippen LogP contribution is -2.39. The van der Waals surface area contributed by atoms with Crippen molar-refractivity contribution < 1.29 is 42.7 Å². The average Bonchev–Trinajstić information content (AvgIpc) is 3.42. The van der Waals surface area contributed by atoms with Crippen molar-refractivity contribution in [2.75, 3.05) is 19.8 Å². The zero-order chi connectivity index (χ0) is 32.6. The lowest BCUT2D eigenvalue weighted by atomic mass is 10.0. The third-order valence-corrected chi connectivity index (χ3v) is 7.04. The molecule has 3 aromatic rings. The van der Waals surface area contributed by atoms with Gasteiger partial charge in [-0.3, -0.25) is 0 Å². The van der Waals surface area contributed by atoms with Gasteiger partial charge in [-0.15, -0.1) is 0 Å². The van der Waals surface area contributed by atoms with Gasteiger partial charge in [0.05, 0.1) is 45.2 Å². The van der Waals surface area contributed by atoms with Crippen molar-refractivity contribution in [2.24, 2.45) is 0 Å². The molecule has 0 aliphatic carbocycles. The standard InChI is InChI=1S/C36H39NO9/c1-3-41-35(38)34(36(39)42-4-2)45-24-29(20-37)31-33(44-23-28-18-12-7-13-19-28)32(43-22-27-16-10-6-11-17-27)30(46-31)25-40-21-26-14-8-5-9-15-26/h5-19,24,30-34H,3-4,21-23,25H2,1-2H3/b29-24+/t30-,31?,32-,33?/m1/s1. The van der Waals surface area contributed by atoms with Crippen molar-refractivity contribution >= 4 is 11.9 Å². The van der Waals surface area contributed by atoms with Crippen LogP contribution < -0.4 is 0 Å². The van der Waals surface area contributed by atoms with E-state index in [9.17, 15) is 14.9 Å². The van der Waals surface area contributed by atoms with Crippen LogP contribution in [0.4, 0.5) is 0 Å². The van der Waals surface area contributed by atoms with E-state index in [2.05, 4.69) is 6.07 Å². The van der Waals surface area contributed by atoms with Gasteiger partial charge in [0.25, 0.3) is 6.10 Å². The van der Waals surface area contributed by atoms with E-state index in [0.717, 1.165) is 23.0 Å². The number of ether oxygens (including phenoxy) is 7. The second kappa shape index (κ2) is 18.4. The number of nitriles is 1. The van der Waals surface area contributed by atoms with Crippen molar-refractivity contribution in [1.29, 1.82) is 5.26 Å². The molecule has 1 saturated heterocycles. The fraction of sp³-hybridized carbons (Fsp3) is 0.361. The smallest absolute Gasteiger partial charge is 0.359 e. The minimum Gasteiger partial charge on any atom is -0.473 e. The molecule has 1 heterocycles. The SMILES string of the molecule is CCOC(=O)C(O/C=C(\C#N)C1O[C@H](COCc2ccccc2)[C@@H](OCc2ccccc2)C1OCc1ccccc1)C(=O)OCC. The van der Waals surface area contributed by atoms with Gasteiger partial charge in [0, 0.05) is 0 Å². The molecule has 1 aliphatic rings. The van der Waals surface area contributed by atoms with Crippen LogP contribution in [-0.4, -0.2) is 62.3 Å². The fourth-order valence-corrected chi connectivity index (χ4v) is 4.84. The second-order valence-electron chi connectivity index (χ2n) is 10.3. The molecule has 0 amide bonds. The first-order chi connectivity index (χ1) is 22.5. The molecule has 2 unspecified atom stereocenters. The van der Waals surface area contributed by atoms with Crippen LogP contribution in [0.25, 0.3) is 0 Å². The summed E-state index contributed by atoms with van der Waals surface area (Å²) in [6.45, 7) is 4.22. The quantitative estimate of drug-likeness (QED) is 0.0867. The third-order valence-electron chi connectivity index (χ3n) is 7.04. The number of rotatable bonds is 17. The maximum Gasteiger partial charge on any atom is 0.359 e. The maximum atomic E-state index is 12.5. The lowest BCUT2D eigenvalue weighted by molar-refractivity contribution is -0.168. The predicted molar refractivity (Wildman–Crippen MR) is 167 cm³/mol. The van der Waals surface area contributed by atoms with E-state index < -0.39 is 42.5 Å². The summed E-state index contributed by atoms with van der Waals surface area (Å²) in [5.74, 6) is -1.87. The zero-order valence-corrected chi connectivity index (χ0v) is 26.0. The number of nitrogens with zero attached hydrogens (tertiary/aromatic N) is 1. The Kier molecular flexibility index (Phi) is 13.8. The maximum absolute atomic E-state index is 12.5. The monoisotopic (exact) mass is 629 g/mol. The first-order valence-corrected chi connectivity index (χ1v) is 15.2.